The van der Waals surface area contributed by atoms with Crippen molar-refractivity contribution in [2.24, 2.45) is 10.7 Å². The number of para-hydroxylation sites is 1. The summed E-state index contributed by atoms with van der Waals surface area (Å²) in [4.78, 5) is 23.4. The molecule has 37 heavy (non-hydrogen) atoms. The molecule has 1 fully saturated rings. The Morgan fingerprint density at radius 1 is 1.16 bits per heavy atom. The molecule has 1 atom stereocenters. The normalized spacial score (nSPS) is 22.5. The molecule has 2 aliphatic rings. The highest BCUT2D eigenvalue weighted by molar-refractivity contribution is 8.26. The van der Waals surface area contributed by atoms with E-state index in [0.29, 0.717) is 24.5 Å². The quantitative estimate of drug-likeness (QED) is 0.395. The number of hydrogen-bond acceptors (Lipinski definition) is 8. The van der Waals surface area contributed by atoms with E-state index in [1.165, 1.54) is 37.6 Å². The molecule has 11 heteroatoms. The molecule has 5 rings (SSSR count). The van der Waals surface area contributed by atoms with Gasteiger partial charge in [0.1, 0.15) is 28.6 Å². The van der Waals surface area contributed by atoms with Gasteiger partial charge in [0.15, 0.2) is 4.75 Å². The zero-order valence-electron chi connectivity index (χ0n) is 20.4. The molecule has 1 amide bonds. The lowest BCUT2D eigenvalue weighted by Gasteiger charge is -2.63. The van der Waals surface area contributed by atoms with E-state index in [-0.39, 0.29) is 22.8 Å². The highest BCUT2D eigenvalue weighted by Crippen LogP contribution is 2.63. The smallest absolute Gasteiger partial charge is 0.274 e. The fourth-order valence-electron chi connectivity index (χ4n) is 4.84. The Kier molecular flexibility index (Phi) is 6.09. The molecule has 5 N–H and O–H groups in total. The lowest BCUT2D eigenvalue weighted by atomic mass is 9.90. The van der Waals surface area contributed by atoms with Crippen LogP contribution in [0.15, 0.2) is 71.9 Å². The van der Waals surface area contributed by atoms with Crippen LogP contribution in [0.25, 0.3) is 0 Å². The SMILES string of the molecule is COc1ccc(C(=O)Nc2ccc(F)c(C3(C)CS(O)(O)C4(CN(c5ccccc5)C4)C(N)=N3)c2)nc1. The molecule has 0 saturated carbocycles. The lowest BCUT2D eigenvalue weighted by molar-refractivity contribution is 0.102. The van der Waals surface area contributed by atoms with Crippen LogP contribution in [0.4, 0.5) is 15.8 Å². The van der Waals surface area contributed by atoms with Crippen molar-refractivity contribution in [2.75, 3.05) is 36.2 Å². The maximum atomic E-state index is 15.1. The molecule has 0 radical (unpaired) electrons. The summed E-state index contributed by atoms with van der Waals surface area (Å²) in [5.74, 6) is -0.681. The summed E-state index contributed by atoms with van der Waals surface area (Å²) >= 11 is 0. The van der Waals surface area contributed by atoms with Gasteiger partial charge in [-0.3, -0.25) is 18.9 Å². The van der Waals surface area contributed by atoms with Crippen LogP contribution in [0.1, 0.15) is 23.0 Å². The number of carbonyl (C=O) groups excluding carboxylic acids is 1. The Morgan fingerprint density at radius 3 is 2.51 bits per heavy atom. The molecule has 1 saturated heterocycles. The number of pyridine rings is 1. The summed E-state index contributed by atoms with van der Waals surface area (Å²) in [6.07, 6.45) is 1.42. The first-order valence-corrected chi connectivity index (χ1v) is 13.3. The number of rotatable bonds is 5. The van der Waals surface area contributed by atoms with E-state index in [4.69, 9.17) is 10.5 Å². The molecule has 2 aromatic carbocycles. The predicted molar refractivity (Wildman–Crippen MR) is 143 cm³/mol. The van der Waals surface area contributed by atoms with E-state index in [1.54, 1.807) is 13.0 Å². The van der Waals surface area contributed by atoms with Crippen LogP contribution in [-0.4, -0.2) is 56.5 Å². The first-order valence-electron chi connectivity index (χ1n) is 11.6. The molecule has 9 nitrogen and oxygen atoms in total. The van der Waals surface area contributed by atoms with Gasteiger partial charge in [-0.05, 0) is 49.4 Å². The Bertz CT molecular complexity index is 1360. The summed E-state index contributed by atoms with van der Waals surface area (Å²) < 4.78 is 41.7. The maximum Gasteiger partial charge on any atom is 0.274 e. The Morgan fingerprint density at radius 2 is 1.89 bits per heavy atom. The molecule has 0 aliphatic carbocycles. The average Bonchev–Trinajstić information content (AvgIpc) is 2.84. The highest BCUT2D eigenvalue weighted by atomic mass is 32.3. The summed E-state index contributed by atoms with van der Waals surface area (Å²) in [6, 6.07) is 16.8. The van der Waals surface area contributed by atoms with Crippen LogP contribution in [-0.2, 0) is 5.54 Å². The molecule has 3 heterocycles. The maximum absolute atomic E-state index is 15.1. The zero-order valence-corrected chi connectivity index (χ0v) is 21.2. The largest absolute Gasteiger partial charge is 0.495 e. The molecule has 1 unspecified atom stereocenters. The third kappa shape index (κ3) is 4.28. The molecular formula is C26H28FN5O4S. The van der Waals surface area contributed by atoms with Crippen molar-refractivity contribution in [3.8, 4) is 5.75 Å². The van der Waals surface area contributed by atoms with Crippen molar-refractivity contribution >= 4 is 33.7 Å². The van der Waals surface area contributed by atoms with Crippen LogP contribution in [0.2, 0.25) is 0 Å². The number of hydrogen-bond donors (Lipinski definition) is 4. The molecule has 194 valence electrons. The molecule has 3 aromatic rings. The van der Waals surface area contributed by atoms with Crippen LogP contribution in [0, 0.1) is 5.82 Å². The number of amides is 1. The molecule has 1 aromatic heterocycles. The molecule has 2 aliphatic heterocycles. The van der Waals surface area contributed by atoms with Crippen molar-refractivity contribution in [2.45, 2.75) is 17.2 Å². The van der Waals surface area contributed by atoms with E-state index >= 15 is 4.39 Å². The van der Waals surface area contributed by atoms with E-state index in [0.717, 1.165) is 5.69 Å². The Labute approximate surface area is 215 Å². The van der Waals surface area contributed by atoms with Crippen LogP contribution in [0.5, 0.6) is 5.75 Å². The number of nitrogens with one attached hydrogen (secondary N) is 1. The predicted octanol–water partition coefficient (Wildman–Crippen LogP) is 4.08. The van der Waals surface area contributed by atoms with Crippen LogP contribution < -0.4 is 20.7 Å². The summed E-state index contributed by atoms with van der Waals surface area (Å²) in [7, 11) is -1.81. The zero-order chi connectivity index (χ0) is 26.4. The fourth-order valence-corrected chi connectivity index (χ4v) is 7.23. The number of carbonyl (C=O) groups is 1. The van der Waals surface area contributed by atoms with Gasteiger partial charge in [0.25, 0.3) is 5.91 Å². The van der Waals surface area contributed by atoms with Gasteiger partial charge in [0.2, 0.25) is 0 Å². The van der Waals surface area contributed by atoms with Crippen molar-refractivity contribution in [3.05, 3.63) is 83.9 Å². The van der Waals surface area contributed by atoms with Gasteiger partial charge in [-0.15, -0.1) is 0 Å². The monoisotopic (exact) mass is 525 g/mol. The van der Waals surface area contributed by atoms with Gasteiger partial charge >= 0.3 is 0 Å². The van der Waals surface area contributed by atoms with E-state index < -0.39 is 32.6 Å². The summed E-state index contributed by atoms with van der Waals surface area (Å²) in [5, 5.41) is 2.70. The number of aliphatic imine (C=N–C) groups is 1. The summed E-state index contributed by atoms with van der Waals surface area (Å²) in [5.41, 5.74) is 6.56. The minimum absolute atomic E-state index is 0.0877. The highest BCUT2D eigenvalue weighted by Gasteiger charge is 2.61. The Balaban J connectivity index is 1.41. The summed E-state index contributed by atoms with van der Waals surface area (Å²) in [6.45, 7) is 2.22. The van der Waals surface area contributed by atoms with Crippen molar-refractivity contribution in [1.29, 1.82) is 0 Å². The van der Waals surface area contributed by atoms with E-state index in [2.05, 4.69) is 15.3 Å². The Hall–Kier alpha value is -3.67. The first-order chi connectivity index (χ1) is 17.6. The number of aromatic nitrogens is 1. The third-order valence-corrected chi connectivity index (χ3v) is 9.65. The number of anilines is 2. The van der Waals surface area contributed by atoms with Gasteiger partial charge < -0.3 is 20.7 Å². The number of ether oxygens (including phenoxy) is 1. The number of amidine groups is 1. The van der Waals surface area contributed by atoms with Crippen LogP contribution >= 0.6 is 10.6 Å². The van der Waals surface area contributed by atoms with Crippen molar-refractivity contribution in [1.82, 2.24) is 4.98 Å². The standard InChI is InChI=1S/C26H28FN5O4S/c1-25(16-37(34,35)26(24(28)31-25)14-32(15-26)18-6-4-3-5-7-18)20-12-17(8-10-21(20)27)30-23(33)22-11-9-19(36-2)13-29-22/h3-13,34-35H,14-16H2,1-2H3,(H2,28,31)(H,30,33). The fraction of sp³-hybridized carbons (Fsp3) is 0.269. The van der Waals surface area contributed by atoms with E-state index in [1.807, 2.05) is 35.2 Å². The number of nitrogens with zero attached hydrogens (tertiary/aromatic N) is 3. The minimum Gasteiger partial charge on any atom is -0.495 e. The van der Waals surface area contributed by atoms with Gasteiger partial charge in [-0.25, -0.2) is 9.37 Å². The van der Waals surface area contributed by atoms with Crippen molar-refractivity contribution in [3.63, 3.8) is 0 Å². The minimum atomic E-state index is -3.31. The topological polar surface area (TPSA) is 133 Å². The van der Waals surface area contributed by atoms with Crippen molar-refractivity contribution < 1.29 is 23.0 Å². The van der Waals surface area contributed by atoms with Gasteiger partial charge in [0.05, 0.1) is 32.1 Å². The van der Waals surface area contributed by atoms with Gasteiger partial charge in [0, 0.05) is 16.9 Å². The van der Waals surface area contributed by atoms with E-state index in [9.17, 15) is 13.9 Å². The second kappa shape index (κ2) is 9.02. The number of nitrogens with two attached hydrogens (primary N) is 1. The molecular weight excluding hydrogens is 497 g/mol. The third-order valence-electron chi connectivity index (χ3n) is 6.97. The first kappa shape index (κ1) is 25.0. The van der Waals surface area contributed by atoms with Gasteiger partial charge in [-0.2, -0.15) is 10.6 Å². The molecule has 0 bridgehead atoms. The molecule has 1 spiro atoms. The second-order valence-electron chi connectivity index (χ2n) is 9.50. The number of halogens is 1. The number of benzene rings is 2. The van der Waals surface area contributed by atoms with Crippen LogP contribution in [0.3, 0.4) is 0 Å². The lowest BCUT2D eigenvalue weighted by Crippen LogP contribution is -2.72. The average molecular weight is 526 g/mol. The number of methoxy groups -OCH3 is 1. The van der Waals surface area contributed by atoms with Gasteiger partial charge in [-0.1, -0.05) is 18.2 Å². The second-order valence-corrected chi connectivity index (χ2v) is 11.9.